The number of benzene rings is 2. The first-order valence-electron chi connectivity index (χ1n) is 7.49. The monoisotopic (exact) mass is 323 g/mol. The van der Waals surface area contributed by atoms with Gasteiger partial charge in [0, 0.05) is 12.5 Å². The lowest BCUT2D eigenvalue weighted by Crippen LogP contribution is -1.98. The Kier molecular flexibility index (Phi) is 4.61. The van der Waals surface area contributed by atoms with Crippen molar-refractivity contribution in [3.63, 3.8) is 0 Å². The first-order chi connectivity index (χ1) is 11.7. The first kappa shape index (κ1) is 15.8. The summed E-state index contributed by atoms with van der Waals surface area (Å²) in [5, 5.41) is 0. The molecule has 1 heterocycles. The number of hydrogen-bond donors (Lipinski definition) is 0. The van der Waals surface area contributed by atoms with Crippen LogP contribution in [0.1, 0.15) is 23.0 Å². The Balaban J connectivity index is 1.85. The van der Waals surface area contributed by atoms with Gasteiger partial charge >= 0.3 is 0 Å². The SMILES string of the molecule is COc1ccc(-c2nc(C(C)=O)co2)cc1OCc1ccccc1. The average Bonchev–Trinajstić information content (AvgIpc) is 3.11. The van der Waals surface area contributed by atoms with Crippen LogP contribution in [0.5, 0.6) is 11.5 Å². The van der Waals surface area contributed by atoms with E-state index in [-0.39, 0.29) is 5.78 Å². The van der Waals surface area contributed by atoms with E-state index in [0.717, 1.165) is 5.56 Å². The number of ketones is 1. The molecule has 5 heteroatoms. The number of hydrogen-bond acceptors (Lipinski definition) is 5. The van der Waals surface area contributed by atoms with Crippen LogP contribution in [0.4, 0.5) is 0 Å². The van der Waals surface area contributed by atoms with Crippen molar-refractivity contribution in [2.45, 2.75) is 13.5 Å². The maximum atomic E-state index is 11.3. The van der Waals surface area contributed by atoms with Crippen molar-refractivity contribution in [1.29, 1.82) is 0 Å². The highest BCUT2D eigenvalue weighted by molar-refractivity contribution is 5.92. The predicted octanol–water partition coefficient (Wildman–Crippen LogP) is 4.13. The number of aromatic nitrogens is 1. The van der Waals surface area contributed by atoms with E-state index in [2.05, 4.69) is 4.98 Å². The average molecular weight is 323 g/mol. The second-order valence-electron chi connectivity index (χ2n) is 5.23. The summed E-state index contributed by atoms with van der Waals surface area (Å²) in [4.78, 5) is 15.5. The van der Waals surface area contributed by atoms with Crippen LogP contribution in [-0.4, -0.2) is 17.9 Å². The molecule has 0 saturated heterocycles. The van der Waals surface area contributed by atoms with Crippen LogP contribution in [0.3, 0.4) is 0 Å². The molecule has 0 bridgehead atoms. The fourth-order valence-electron chi connectivity index (χ4n) is 2.23. The highest BCUT2D eigenvalue weighted by Crippen LogP contribution is 2.32. The van der Waals surface area contributed by atoms with Gasteiger partial charge in [0.1, 0.15) is 18.6 Å². The van der Waals surface area contributed by atoms with Gasteiger partial charge in [-0.25, -0.2) is 4.98 Å². The molecule has 0 radical (unpaired) electrons. The molecule has 0 N–H and O–H groups in total. The number of oxazole rings is 1. The number of rotatable bonds is 6. The lowest BCUT2D eigenvalue weighted by Gasteiger charge is -2.11. The summed E-state index contributed by atoms with van der Waals surface area (Å²) >= 11 is 0. The zero-order valence-corrected chi connectivity index (χ0v) is 13.5. The molecule has 0 saturated carbocycles. The van der Waals surface area contributed by atoms with E-state index in [0.29, 0.717) is 35.3 Å². The molecule has 1 aromatic heterocycles. The Morgan fingerprint density at radius 3 is 2.58 bits per heavy atom. The summed E-state index contributed by atoms with van der Waals surface area (Å²) in [6.45, 7) is 1.87. The molecule has 0 unspecified atom stereocenters. The normalized spacial score (nSPS) is 10.4. The number of carbonyl (C=O) groups excluding carboxylic acids is 1. The number of carbonyl (C=O) groups is 1. The highest BCUT2D eigenvalue weighted by atomic mass is 16.5. The summed E-state index contributed by atoms with van der Waals surface area (Å²) < 4.78 is 16.6. The Labute approximate surface area is 139 Å². The molecule has 0 atom stereocenters. The summed E-state index contributed by atoms with van der Waals surface area (Å²) in [7, 11) is 1.59. The minimum absolute atomic E-state index is 0.140. The molecule has 5 nitrogen and oxygen atoms in total. The van der Waals surface area contributed by atoms with E-state index in [1.807, 2.05) is 36.4 Å². The fourth-order valence-corrected chi connectivity index (χ4v) is 2.23. The van der Waals surface area contributed by atoms with Crippen molar-refractivity contribution in [3.05, 3.63) is 66.1 Å². The van der Waals surface area contributed by atoms with Crippen molar-refractivity contribution in [1.82, 2.24) is 4.98 Å². The van der Waals surface area contributed by atoms with Gasteiger partial charge < -0.3 is 13.9 Å². The molecule has 0 amide bonds. The molecule has 122 valence electrons. The van der Waals surface area contributed by atoms with Crippen LogP contribution < -0.4 is 9.47 Å². The molecule has 0 aliphatic rings. The maximum absolute atomic E-state index is 11.3. The summed E-state index contributed by atoms with van der Waals surface area (Å²) in [5.41, 5.74) is 2.07. The molecule has 3 aromatic rings. The first-order valence-corrected chi connectivity index (χ1v) is 7.49. The molecule has 0 aliphatic carbocycles. The Morgan fingerprint density at radius 1 is 1.12 bits per heavy atom. The summed E-state index contributed by atoms with van der Waals surface area (Å²) in [6.07, 6.45) is 1.35. The third kappa shape index (κ3) is 3.46. The van der Waals surface area contributed by atoms with Crippen LogP contribution in [0.25, 0.3) is 11.5 Å². The van der Waals surface area contributed by atoms with Crippen LogP contribution in [0, 0.1) is 0 Å². The Bertz CT molecular complexity index is 840. The van der Waals surface area contributed by atoms with E-state index in [1.165, 1.54) is 13.2 Å². The third-order valence-corrected chi connectivity index (χ3v) is 3.51. The Morgan fingerprint density at radius 2 is 1.92 bits per heavy atom. The van der Waals surface area contributed by atoms with Crippen LogP contribution >= 0.6 is 0 Å². The quantitative estimate of drug-likeness (QED) is 0.638. The van der Waals surface area contributed by atoms with Crippen molar-refractivity contribution in [2.24, 2.45) is 0 Å². The molecule has 0 aliphatic heterocycles. The smallest absolute Gasteiger partial charge is 0.226 e. The summed E-state index contributed by atoms with van der Waals surface area (Å²) in [6, 6.07) is 15.2. The van der Waals surface area contributed by atoms with Gasteiger partial charge in [-0.15, -0.1) is 0 Å². The highest BCUT2D eigenvalue weighted by Gasteiger charge is 2.13. The number of methoxy groups -OCH3 is 1. The van der Waals surface area contributed by atoms with Crippen molar-refractivity contribution in [3.8, 4) is 23.0 Å². The van der Waals surface area contributed by atoms with E-state index in [4.69, 9.17) is 13.9 Å². The largest absolute Gasteiger partial charge is 0.493 e. The van der Waals surface area contributed by atoms with Gasteiger partial charge in [0.2, 0.25) is 5.89 Å². The van der Waals surface area contributed by atoms with Crippen molar-refractivity contribution >= 4 is 5.78 Å². The maximum Gasteiger partial charge on any atom is 0.226 e. The number of Topliss-reactive ketones (excluding diaryl/α,β-unsaturated/α-hetero) is 1. The standard InChI is InChI=1S/C19H17NO4/c1-13(21)16-12-24-19(20-16)15-8-9-17(22-2)18(10-15)23-11-14-6-4-3-5-7-14/h3-10,12H,11H2,1-2H3. The predicted molar refractivity (Wildman–Crippen MR) is 89.3 cm³/mol. The van der Waals surface area contributed by atoms with Crippen molar-refractivity contribution in [2.75, 3.05) is 7.11 Å². The van der Waals surface area contributed by atoms with Gasteiger partial charge in [0.05, 0.1) is 7.11 Å². The molecular weight excluding hydrogens is 306 g/mol. The number of ether oxygens (including phenoxy) is 2. The van der Waals surface area contributed by atoms with E-state index in [9.17, 15) is 4.79 Å². The fraction of sp³-hybridized carbons (Fsp3) is 0.158. The lowest BCUT2D eigenvalue weighted by molar-refractivity contribution is 0.101. The van der Waals surface area contributed by atoms with Gasteiger partial charge in [-0.2, -0.15) is 0 Å². The van der Waals surface area contributed by atoms with Crippen LogP contribution in [0.15, 0.2) is 59.2 Å². The lowest BCUT2D eigenvalue weighted by atomic mass is 10.2. The number of nitrogens with zero attached hydrogens (tertiary/aromatic N) is 1. The van der Waals surface area contributed by atoms with E-state index < -0.39 is 0 Å². The summed E-state index contributed by atoms with van der Waals surface area (Å²) in [5.74, 6) is 1.43. The van der Waals surface area contributed by atoms with Crippen LogP contribution in [-0.2, 0) is 6.61 Å². The second-order valence-corrected chi connectivity index (χ2v) is 5.23. The molecule has 24 heavy (non-hydrogen) atoms. The van der Waals surface area contributed by atoms with E-state index in [1.54, 1.807) is 19.2 Å². The zero-order valence-electron chi connectivity index (χ0n) is 13.5. The molecule has 0 fully saturated rings. The molecule has 0 spiro atoms. The van der Waals surface area contributed by atoms with Crippen molar-refractivity contribution < 1.29 is 18.7 Å². The second kappa shape index (κ2) is 7.00. The van der Waals surface area contributed by atoms with Gasteiger partial charge in [-0.1, -0.05) is 30.3 Å². The van der Waals surface area contributed by atoms with Gasteiger partial charge in [-0.05, 0) is 23.8 Å². The molecule has 2 aromatic carbocycles. The van der Waals surface area contributed by atoms with Crippen LogP contribution in [0.2, 0.25) is 0 Å². The van der Waals surface area contributed by atoms with E-state index >= 15 is 0 Å². The van der Waals surface area contributed by atoms with Gasteiger partial charge in [0.25, 0.3) is 0 Å². The van der Waals surface area contributed by atoms with Gasteiger partial charge in [-0.3, -0.25) is 4.79 Å². The van der Waals surface area contributed by atoms with Gasteiger partial charge in [0.15, 0.2) is 17.3 Å². The molecule has 3 rings (SSSR count). The topological polar surface area (TPSA) is 61.6 Å². The minimum atomic E-state index is -0.140. The minimum Gasteiger partial charge on any atom is -0.493 e. The zero-order chi connectivity index (χ0) is 16.9. The molecular formula is C19H17NO4. The Hall–Kier alpha value is -3.08. The third-order valence-electron chi connectivity index (χ3n) is 3.51.